The van der Waals surface area contributed by atoms with Gasteiger partial charge in [-0.2, -0.15) is 0 Å². The van der Waals surface area contributed by atoms with Crippen molar-refractivity contribution in [2.75, 3.05) is 60.9 Å². The molecule has 2 N–H and O–H groups in total. The minimum atomic E-state index is -2.59. The molecule has 0 radical (unpaired) electrons. The van der Waals surface area contributed by atoms with E-state index in [1.54, 1.807) is 0 Å². The fourth-order valence-electron chi connectivity index (χ4n) is 14.2. The zero-order valence-corrected chi connectivity index (χ0v) is 41.4. The molecule has 8 nitrogen and oxygen atoms in total. The third kappa shape index (κ3) is 9.97. The number of benzene rings is 2. The van der Waals surface area contributed by atoms with Gasteiger partial charge < -0.3 is 29.8 Å². The zero-order valence-electron chi connectivity index (χ0n) is 40.4. The van der Waals surface area contributed by atoms with E-state index in [0.717, 1.165) is 75.5 Å². The predicted molar refractivity (Wildman–Crippen MR) is 258 cm³/mol. The van der Waals surface area contributed by atoms with E-state index in [4.69, 9.17) is 4.43 Å². The normalized spacial score (nSPS) is 32.3. The molecule has 10 atom stereocenters. The second kappa shape index (κ2) is 19.9. The SMILES string of the molecule is CN(C)CCCN(CCCN(C)C)C(=O)[C@@H]1CC(NC(=O)CCC2CCC3C4CCC5C[C@H](O[Si](c6ccccc6)(c6ccccc6)C(C)(C)C)CC[C@]5(C)C4CC[C@]23C)CN1. The highest BCUT2D eigenvalue weighted by Gasteiger charge is 2.61. The number of nitrogens with one attached hydrogen (secondary N) is 2. The molecule has 5 fully saturated rings. The molecular formula is C53H85N5O3Si. The van der Waals surface area contributed by atoms with Crippen molar-refractivity contribution in [1.82, 2.24) is 25.3 Å². The summed E-state index contributed by atoms with van der Waals surface area (Å²) in [6, 6.07) is 22.3. The molecule has 0 spiro atoms. The number of carbonyl (C=O) groups excluding carboxylic acids is 2. The Labute approximate surface area is 378 Å². The molecule has 62 heavy (non-hydrogen) atoms. The summed E-state index contributed by atoms with van der Waals surface area (Å²) in [4.78, 5) is 33.7. The number of fused-ring (bicyclic) bond motifs is 5. The fourth-order valence-corrected chi connectivity index (χ4v) is 18.9. The number of nitrogens with zero attached hydrogens (tertiary/aromatic N) is 3. The molecule has 1 saturated heterocycles. The topological polar surface area (TPSA) is 77.2 Å². The first-order chi connectivity index (χ1) is 29.5. The van der Waals surface area contributed by atoms with Gasteiger partial charge in [-0.25, -0.2) is 0 Å². The third-order valence-corrected chi connectivity index (χ3v) is 22.6. The maximum Gasteiger partial charge on any atom is 0.261 e. The van der Waals surface area contributed by atoms with Crippen LogP contribution < -0.4 is 21.0 Å². The molecule has 9 heteroatoms. The van der Waals surface area contributed by atoms with Gasteiger partial charge in [0, 0.05) is 38.2 Å². The Morgan fingerprint density at radius 1 is 0.758 bits per heavy atom. The van der Waals surface area contributed by atoms with Gasteiger partial charge in [0.1, 0.15) is 0 Å². The molecular weight excluding hydrogens is 783 g/mol. The molecule has 4 aliphatic carbocycles. The molecule has 2 amide bonds. The third-order valence-electron chi connectivity index (χ3n) is 17.5. The highest BCUT2D eigenvalue weighted by Crippen LogP contribution is 2.68. The Morgan fingerprint density at radius 3 is 1.95 bits per heavy atom. The van der Waals surface area contributed by atoms with Gasteiger partial charge in [-0.05, 0) is 181 Å². The van der Waals surface area contributed by atoms with E-state index in [0.29, 0.717) is 42.2 Å². The molecule has 344 valence electrons. The van der Waals surface area contributed by atoms with Crippen molar-refractivity contribution in [3.05, 3.63) is 60.7 Å². The molecule has 1 aliphatic heterocycles. The van der Waals surface area contributed by atoms with Crippen molar-refractivity contribution in [3.63, 3.8) is 0 Å². The Hall–Kier alpha value is -2.56. The van der Waals surface area contributed by atoms with Gasteiger partial charge in [0.2, 0.25) is 11.8 Å². The van der Waals surface area contributed by atoms with Crippen molar-refractivity contribution in [2.24, 2.45) is 40.4 Å². The molecule has 1 heterocycles. The monoisotopic (exact) mass is 868 g/mol. The highest BCUT2D eigenvalue weighted by molar-refractivity contribution is 6.99. The van der Waals surface area contributed by atoms with Crippen LogP contribution in [0.4, 0.5) is 0 Å². The van der Waals surface area contributed by atoms with Crippen LogP contribution in [0.1, 0.15) is 125 Å². The second-order valence-electron chi connectivity index (χ2n) is 22.8. The molecule has 0 aromatic heterocycles. The van der Waals surface area contributed by atoms with Crippen LogP contribution >= 0.6 is 0 Å². The van der Waals surface area contributed by atoms with Gasteiger partial charge in [-0.3, -0.25) is 9.59 Å². The first-order valence-electron chi connectivity index (χ1n) is 24.9. The van der Waals surface area contributed by atoms with E-state index >= 15 is 0 Å². The van der Waals surface area contributed by atoms with Crippen LogP contribution in [0.25, 0.3) is 0 Å². The van der Waals surface area contributed by atoms with E-state index in [1.807, 2.05) is 0 Å². The van der Waals surface area contributed by atoms with E-state index in [1.165, 1.54) is 61.7 Å². The van der Waals surface area contributed by atoms with E-state index < -0.39 is 8.32 Å². The minimum absolute atomic E-state index is 0.00185. The Morgan fingerprint density at radius 2 is 1.35 bits per heavy atom. The van der Waals surface area contributed by atoms with Gasteiger partial charge in [0.25, 0.3) is 8.32 Å². The lowest BCUT2D eigenvalue weighted by atomic mass is 9.44. The van der Waals surface area contributed by atoms with E-state index in [9.17, 15) is 9.59 Å². The summed E-state index contributed by atoms with van der Waals surface area (Å²) in [5, 5.41) is 9.63. The summed E-state index contributed by atoms with van der Waals surface area (Å²) in [6.45, 7) is 16.7. The lowest BCUT2D eigenvalue weighted by molar-refractivity contribution is -0.133. The van der Waals surface area contributed by atoms with Gasteiger partial charge in [-0.15, -0.1) is 0 Å². The van der Waals surface area contributed by atoms with Crippen molar-refractivity contribution in [3.8, 4) is 0 Å². The van der Waals surface area contributed by atoms with Crippen LogP contribution in [0.15, 0.2) is 60.7 Å². The van der Waals surface area contributed by atoms with Crippen LogP contribution in [-0.2, 0) is 14.0 Å². The Kier molecular flexibility index (Phi) is 15.2. The number of hydrogen-bond donors (Lipinski definition) is 2. The second-order valence-corrected chi connectivity index (χ2v) is 27.0. The number of rotatable bonds is 17. The molecule has 7 rings (SSSR count). The first kappa shape index (κ1) is 47.4. The number of amides is 2. The summed E-state index contributed by atoms with van der Waals surface area (Å²) in [6.07, 6.45) is 16.1. The molecule has 4 saturated carbocycles. The largest absolute Gasteiger partial charge is 0.404 e. The molecule has 2 aromatic carbocycles. The van der Waals surface area contributed by atoms with E-state index in [2.05, 4.69) is 149 Å². The highest BCUT2D eigenvalue weighted by atomic mass is 28.4. The van der Waals surface area contributed by atoms with Crippen molar-refractivity contribution < 1.29 is 14.0 Å². The lowest BCUT2D eigenvalue weighted by Gasteiger charge is -2.61. The maximum absolute atomic E-state index is 13.7. The summed E-state index contributed by atoms with van der Waals surface area (Å²) >= 11 is 0. The van der Waals surface area contributed by atoms with Crippen molar-refractivity contribution in [2.45, 2.75) is 148 Å². The average molecular weight is 868 g/mol. The zero-order chi connectivity index (χ0) is 44.3. The quantitative estimate of drug-likeness (QED) is 0.157. The smallest absolute Gasteiger partial charge is 0.261 e. The summed E-state index contributed by atoms with van der Waals surface area (Å²) < 4.78 is 7.78. The van der Waals surface area contributed by atoms with Crippen molar-refractivity contribution in [1.29, 1.82) is 0 Å². The molecule has 6 unspecified atom stereocenters. The molecule has 2 aromatic rings. The number of carbonyl (C=O) groups is 2. The summed E-state index contributed by atoms with van der Waals surface area (Å²) in [5.41, 5.74) is 0.723. The van der Waals surface area contributed by atoms with Crippen LogP contribution in [-0.4, -0.2) is 114 Å². The molecule has 0 bridgehead atoms. The van der Waals surface area contributed by atoms with Gasteiger partial charge in [0.15, 0.2) is 0 Å². The average Bonchev–Trinajstić information content (AvgIpc) is 3.85. The van der Waals surface area contributed by atoms with E-state index in [-0.39, 0.29) is 28.9 Å². The first-order valence-corrected chi connectivity index (χ1v) is 26.9. The molecule has 5 aliphatic rings. The predicted octanol–water partition coefficient (Wildman–Crippen LogP) is 7.95. The minimum Gasteiger partial charge on any atom is -0.404 e. The van der Waals surface area contributed by atoms with Crippen LogP contribution in [0.3, 0.4) is 0 Å². The standard InChI is InChI=1S/C53H85N5O3Si/c1-51(2,3)62(43-18-12-10-13-19-43,44-20-14-11-15-21-44)61-42-28-30-53(5)40(36-42)22-25-45-46-26-23-39(52(46,4)31-29-47(45)53)24-27-49(59)55-41-37-48(54-38-41)50(60)58(34-16-32-56(6)7)35-17-33-57(8)9/h10-15,18-21,39-42,45-48,54H,16-17,22-38H2,1-9H3,(H,55,59)/t39?,40?,41?,42-,45?,46?,47?,48+,52-,53+/m1/s1. The summed E-state index contributed by atoms with van der Waals surface area (Å²) in [7, 11) is 5.76. The van der Waals surface area contributed by atoms with Gasteiger partial charge in [-0.1, -0.05) is 95.3 Å². The Balaban J connectivity index is 0.926. The van der Waals surface area contributed by atoms with Crippen LogP contribution in [0, 0.1) is 40.4 Å². The van der Waals surface area contributed by atoms with Crippen LogP contribution in [0.5, 0.6) is 0 Å². The lowest BCUT2D eigenvalue weighted by Crippen LogP contribution is -2.68. The fraction of sp³-hybridized carbons (Fsp3) is 0.736. The van der Waals surface area contributed by atoms with Gasteiger partial charge in [0.05, 0.1) is 6.04 Å². The summed E-state index contributed by atoms with van der Waals surface area (Å²) in [5.74, 6) is 4.10. The van der Waals surface area contributed by atoms with Crippen LogP contribution in [0.2, 0.25) is 5.04 Å². The maximum atomic E-state index is 13.7. The Bertz CT molecular complexity index is 1720. The van der Waals surface area contributed by atoms with Crippen molar-refractivity contribution >= 4 is 30.5 Å². The van der Waals surface area contributed by atoms with Gasteiger partial charge >= 0.3 is 0 Å². The number of hydrogen-bond acceptors (Lipinski definition) is 6.